The molecule has 3 aromatic carbocycles. The summed E-state index contributed by atoms with van der Waals surface area (Å²) in [5.41, 5.74) is 0.522. The minimum Gasteiger partial charge on any atom is -0.464 e. The molecule has 2 atom stereocenters. The summed E-state index contributed by atoms with van der Waals surface area (Å²) in [5, 5.41) is 4.86. The van der Waals surface area contributed by atoms with Crippen molar-refractivity contribution in [2.75, 3.05) is 6.61 Å². The monoisotopic (exact) mass is 397 g/mol. The van der Waals surface area contributed by atoms with E-state index in [2.05, 4.69) is 5.09 Å². The van der Waals surface area contributed by atoms with Crippen LogP contribution in [0.1, 0.15) is 25.0 Å². The molecule has 3 aromatic rings. The van der Waals surface area contributed by atoms with E-state index in [9.17, 15) is 14.3 Å². The maximum atomic E-state index is 13.1. The first kappa shape index (κ1) is 20.3. The Labute approximate surface area is 164 Å². The Morgan fingerprint density at radius 3 is 2.39 bits per heavy atom. The van der Waals surface area contributed by atoms with Gasteiger partial charge in [-0.25, -0.2) is 5.09 Å². The molecule has 0 spiro atoms. The van der Waals surface area contributed by atoms with Crippen LogP contribution in [0.4, 0.5) is 0 Å². The fourth-order valence-corrected chi connectivity index (χ4v) is 5.12. The Morgan fingerprint density at radius 2 is 1.68 bits per heavy atom. The summed E-state index contributed by atoms with van der Waals surface area (Å²) in [6.07, 6.45) is -0.0196. The maximum Gasteiger partial charge on any atom is 0.302 e. The van der Waals surface area contributed by atoms with E-state index in [1.165, 1.54) is 6.92 Å². The first-order valence-electron chi connectivity index (χ1n) is 9.06. The molecule has 3 rings (SSSR count). The van der Waals surface area contributed by atoms with E-state index in [4.69, 9.17) is 4.74 Å². The van der Waals surface area contributed by atoms with E-state index < -0.39 is 19.0 Å². The van der Waals surface area contributed by atoms with Gasteiger partial charge in [-0.05, 0) is 28.8 Å². The second-order valence-corrected chi connectivity index (χ2v) is 9.04. The van der Waals surface area contributed by atoms with Crippen LogP contribution in [0.3, 0.4) is 0 Å². The molecule has 28 heavy (non-hydrogen) atoms. The van der Waals surface area contributed by atoms with Crippen molar-refractivity contribution in [1.29, 1.82) is 0 Å². The van der Waals surface area contributed by atoms with Crippen LogP contribution in [0, 0.1) is 0 Å². The number of fused-ring (bicyclic) bond motifs is 1. The van der Waals surface area contributed by atoms with Gasteiger partial charge in [-0.15, -0.1) is 0 Å². The Kier molecular flexibility index (Phi) is 5.99. The molecule has 146 valence electrons. The molecule has 0 aliphatic rings. The highest BCUT2D eigenvalue weighted by Crippen LogP contribution is 2.45. The average Bonchev–Trinajstić information content (AvgIpc) is 2.66. The lowest BCUT2D eigenvalue weighted by Gasteiger charge is -2.34. The summed E-state index contributed by atoms with van der Waals surface area (Å²) in [6.45, 7) is 3.05. The zero-order chi connectivity index (χ0) is 20.2. The molecule has 0 aliphatic heterocycles. The van der Waals surface area contributed by atoms with Gasteiger partial charge in [0.25, 0.3) is 7.52 Å². The van der Waals surface area contributed by atoms with E-state index in [1.807, 2.05) is 72.8 Å². The number of ether oxygens (including phenoxy) is 1. The highest BCUT2D eigenvalue weighted by Gasteiger charge is 2.36. The Hall–Kier alpha value is -2.46. The summed E-state index contributed by atoms with van der Waals surface area (Å²) in [7, 11) is -3.78. The van der Waals surface area contributed by atoms with Gasteiger partial charge in [-0.1, -0.05) is 72.8 Å². The lowest BCUT2D eigenvalue weighted by atomic mass is 9.89. The molecule has 0 saturated carbocycles. The van der Waals surface area contributed by atoms with Gasteiger partial charge in [0.1, 0.15) is 6.61 Å². The SMILES string of the molecule is CC(=O)OCC(C)(NP(=O)(O)Cc1ccccc1)c1cccc2ccccc12. The summed E-state index contributed by atoms with van der Waals surface area (Å²) < 4.78 is 18.3. The number of rotatable bonds is 7. The standard InChI is InChI=1S/C22H24NO4P/c1-17(24)27-16-22(2,21-14-8-12-19-11-6-7-13-20(19)21)23-28(25,26)15-18-9-4-3-5-10-18/h3-14H,15-16H2,1-2H3,(H2,23,25,26). The van der Waals surface area contributed by atoms with E-state index in [1.54, 1.807) is 6.92 Å². The van der Waals surface area contributed by atoms with Gasteiger partial charge >= 0.3 is 5.97 Å². The topological polar surface area (TPSA) is 75.6 Å². The Balaban J connectivity index is 2.00. The van der Waals surface area contributed by atoms with E-state index >= 15 is 0 Å². The van der Waals surface area contributed by atoms with Gasteiger partial charge in [-0.3, -0.25) is 9.36 Å². The molecular weight excluding hydrogens is 373 g/mol. The molecule has 6 heteroatoms. The van der Waals surface area contributed by atoms with Crippen molar-refractivity contribution in [3.05, 3.63) is 83.9 Å². The quantitative estimate of drug-likeness (QED) is 0.450. The summed E-state index contributed by atoms with van der Waals surface area (Å²) in [5.74, 6) is -0.441. The number of hydrogen-bond acceptors (Lipinski definition) is 3. The summed E-state index contributed by atoms with van der Waals surface area (Å²) >= 11 is 0. The Bertz CT molecular complexity index is 1020. The predicted molar refractivity (Wildman–Crippen MR) is 111 cm³/mol. The fraction of sp³-hybridized carbons (Fsp3) is 0.227. The van der Waals surface area contributed by atoms with Crippen LogP contribution >= 0.6 is 7.52 Å². The van der Waals surface area contributed by atoms with Crippen LogP contribution in [0.25, 0.3) is 10.8 Å². The third kappa shape index (κ3) is 4.87. The minimum absolute atomic E-state index is 0.0196. The van der Waals surface area contributed by atoms with Crippen molar-refractivity contribution < 1.29 is 19.0 Å². The van der Waals surface area contributed by atoms with Gasteiger partial charge in [0.2, 0.25) is 0 Å². The smallest absolute Gasteiger partial charge is 0.302 e. The first-order valence-corrected chi connectivity index (χ1v) is 10.9. The van der Waals surface area contributed by atoms with Gasteiger partial charge in [-0.2, -0.15) is 0 Å². The molecule has 0 fully saturated rings. The highest BCUT2D eigenvalue weighted by molar-refractivity contribution is 7.55. The lowest BCUT2D eigenvalue weighted by Crippen LogP contribution is -2.42. The van der Waals surface area contributed by atoms with Gasteiger partial charge < -0.3 is 9.63 Å². The van der Waals surface area contributed by atoms with Crippen LogP contribution in [-0.2, 0) is 25.8 Å². The van der Waals surface area contributed by atoms with Crippen molar-refractivity contribution in [2.45, 2.75) is 25.5 Å². The minimum atomic E-state index is -3.78. The van der Waals surface area contributed by atoms with Crippen LogP contribution in [0.5, 0.6) is 0 Å². The summed E-state index contributed by atoms with van der Waals surface area (Å²) in [6, 6.07) is 22.7. The lowest BCUT2D eigenvalue weighted by molar-refractivity contribution is -0.143. The number of benzene rings is 3. The number of esters is 1. The fourth-order valence-electron chi connectivity index (χ4n) is 3.38. The van der Waals surface area contributed by atoms with Gasteiger partial charge in [0.15, 0.2) is 0 Å². The highest BCUT2D eigenvalue weighted by atomic mass is 31.2. The molecular formula is C22H24NO4P. The molecule has 0 saturated heterocycles. The van der Waals surface area contributed by atoms with Crippen LogP contribution in [0.2, 0.25) is 0 Å². The molecule has 2 unspecified atom stereocenters. The largest absolute Gasteiger partial charge is 0.464 e. The molecule has 0 bridgehead atoms. The van der Waals surface area contributed by atoms with Gasteiger partial charge in [0.05, 0.1) is 11.7 Å². The molecule has 0 heterocycles. The second kappa shape index (κ2) is 8.27. The normalized spacial score (nSPS) is 15.5. The molecule has 2 N–H and O–H groups in total. The van der Waals surface area contributed by atoms with Crippen LogP contribution < -0.4 is 5.09 Å². The Morgan fingerprint density at radius 1 is 1.04 bits per heavy atom. The molecule has 5 nitrogen and oxygen atoms in total. The van der Waals surface area contributed by atoms with Crippen molar-refractivity contribution >= 4 is 24.3 Å². The van der Waals surface area contributed by atoms with E-state index in [-0.39, 0.29) is 12.8 Å². The zero-order valence-corrected chi connectivity index (χ0v) is 16.9. The number of nitrogens with one attached hydrogen (secondary N) is 1. The van der Waals surface area contributed by atoms with Crippen molar-refractivity contribution in [3.8, 4) is 0 Å². The zero-order valence-electron chi connectivity index (χ0n) is 16.0. The summed E-state index contributed by atoms with van der Waals surface area (Å²) in [4.78, 5) is 22.2. The van der Waals surface area contributed by atoms with Crippen LogP contribution in [-0.4, -0.2) is 17.5 Å². The van der Waals surface area contributed by atoms with Crippen molar-refractivity contribution in [1.82, 2.24) is 5.09 Å². The third-order valence-electron chi connectivity index (χ3n) is 4.61. The van der Waals surface area contributed by atoms with E-state index in [0.29, 0.717) is 0 Å². The predicted octanol–water partition coefficient (Wildman–Crippen LogP) is 4.59. The van der Waals surface area contributed by atoms with Crippen molar-refractivity contribution in [3.63, 3.8) is 0 Å². The third-order valence-corrected chi connectivity index (χ3v) is 6.25. The molecule has 0 aromatic heterocycles. The average molecular weight is 397 g/mol. The molecule has 0 amide bonds. The van der Waals surface area contributed by atoms with Crippen molar-refractivity contribution in [2.24, 2.45) is 0 Å². The molecule has 0 radical (unpaired) electrons. The number of hydrogen-bond donors (Lipinski definition) is 2. The second-order valence-electron chi connectivity index (χ2n) is 7.10. The van der Waals surface area contributed by atoms with E-state index in [0.717, 1.165) is 21.9 Å². The molecule has 0 aliphatic carbocycles. The van der Waals surface area contributed by atoms with Gasteiger partial charge in [0, 0.05) is 6.92 Å². The van der Waals surface area contributed by atoms with Crippen LogP contribution in [0.15, 0.2) is 72.8 Å². The first-order chi connectivity index (χ1) is 13.3. The number of carbonyl (C=O) groups excluding carboxylic acids is 1. The number of carbonyl (C=O) groups is 1. The maximum absolute atomic E-state index is 13.1.